The molecule has 0 amide bonds. The Labute approximate surface area is 159 Å². The van der Waals surface area contributed by atoms with E-state index in [1.165, 1.54) is 48.9 Å². The fourth-order valence-electron chi connectivity index (χ4n) is 3.75. The molecule has 0 saturated heterocycles. The van der Waals surface area contributed by atoms with Crippen LogP contribution in [0.15, 0.2) is 47.8 Å². The molecule has 2 aromatic heterocycles. The Bertz CT molecular complexity index is 1140. The van der Waals surface area contributed by atoms with Crippen LogP contribution in [0.1, 0.15) is 37.6 Å². The van der Waals surface area contributed by atoms with Crippen molar-refractivity contribution < 1.29 is 4.57 Å². The fourth-order valence-corrected chi connectivity index (χ4v) is 4.56. The van der Waals surface area contributed by atoms with Crippen molar-refractivity contribution in [1.29, 1.82) is 0 Å². The van der Waals surface area contributed by atoms with Gasteiger partial charge in [-0.25, -0.2) is 0 Å². The van der Waals surface area contributed by atoms with Gasteiger partial charge in [0.15, 0.2) is 5.69 Å². The number of fused-ring (bicyclic) bond motifs is 2. The molecular weight excluding hydrogens is 334 g/mol. The lowest BCUT2D eigenvalue weighted by Gasteiger charge is -2.20. The zero-order valence-electron chi connectivity index (χ0n) is 16.5. The van der Waals surface area contributed by atoms with E-state index in [1.807, 2.05) is 11.3 Å². The van der Waals surface area contributed by atoms with Crippen LogP contribution in [0.5, 0.6) is 0 Å². The van der Waals surface area contributed by atoms with Gasteiger partial charge < -0.3 is 0 Å². The minimum absolute atomic E-state index is 0.159. The van der Waals surface area contributed by atoms with Gasteiger partial charge in [-0.05, 0) is 63.9 Å². The zero-order chi connectivity index (χ0) is 18.6. The minimum Gasteiger partial charge on any atom is -0.198 e. The van der Waals surface area contributed by atoms with E-state index >= 15 is 0 Å². The van der Waals surface area contributed by atoms with Crippen LogP contribution in [0.4, 0.5) is 0 Å². The second-order valence-electron chi connectivity index (χ2n) is 8.37. The summed E-state index contributed by atoms with van der Waals surface area (Å²) in [5, 5.41) is 6.17. The minimum atomic E-state index is 0.159. The predicted molar refractivity (Wildman–Crippen MR) is 114 cm³/mol. The highest BCUT2D eigenvalue weighted by molar-refractivity contribution is 7.17. The third kappa shape index (κ3) is 2.73. The van der Waals surface area contributed by atoms with Crippen molar-refractivity contribution in [2.24, 2.45) is 7.05 Å². The maximum atomic E-state index is 2.37. The molecule has 0 spiro atoms. The summed E-state index contributed by atoms with van der Waals surface area (Å²) in [6.45, 7) is 11.3. The van der Waals surface area contributed by atoms with E-state index in [2.05, 4.69) is 94.1 Å². The van der Waals surface area contributed by atoms with Crippen molar-refractivity contribution in [3.63, 3.8) is 0 Å². The molecule has 0 aliphatic rings. The second kappa shape index (κ2) is 5.92. The van der Waals surface area contributed by atoms with Crippen LogP contribution in [-0.2, 0) is 12.5 Å². The highest BCUT2D eigenvalue weighted by Gasteiger charge is 2.22. The quantitative estimate of drug-likeness (QED) is 0.343. The highest BCUT2D eigenvalue weighted by atomic mass is 32.1. The maximum Gasteiger partial charge on any atom is 0.220 e. The third-order valence-corrected chi connectivity index (χ3v) is 6.34. The molecule has 4 aromatic rings. The van der Waals surface area contributed by atoms with Crippen molar-refractivity contribution in [2.45, 2.75) is 40.0 Å². The first-order valence-corrected chi connectivity index (χ1v) is 10.1. The molecule has 0 aliphatic heterocycles. The molecule has 0 fully saturated rings. The number of aryl methyl sites for hydroxylation is 2. The summed E-state index contributed by atoms with van der Waals surface area (Å²) in [4.78, 5) is 0. The van der Waals surface area contributed by atoms with Crippen LogP contribution in [0.2, 0.25) is 0 Å². The van der Waals surface area contributed by atoms with Crippen molar-refractivity contribution in [3.05, 3.63) is 64.7 Å². The Balaban J connectivity index is 2.07. The zero-order valence-corrected chi connectivity index (χ0v) is 17.3. The van der Waals surface area contributed by atoms with Crippen LogP contribution in [0.3, 0.4) is 0 Å². The maximum absolute atomic E-state index is 2.37. The first kappa shape index (κ1) is 17.2. The summed E-state index contributed by atoms with van der Waals surface area (Å²) in [6, 6.07) is 16.2. The van der Waals surface area contributed by atoms with Gasteiger partial charge in [0.1, 0.15) is 7.05 Å². The Morgan fingerprint density at radius 2 is 1.65 bits per heavy atom. The molecule has 0 N–H and O–H groups in total. The van der Waals surface area contributed by atoms with Gasteiger partial charge in [0.2, 0.25) is 5.69 Å². The molecule has 2 aromatic carbocycles. The normalized spacial score (nSPS) is 12.2. The lowest BCUT2D eigenvalue weighted by Crippen LogP contribution is -2.35. The molecule has 0 radical (unpaired) electrons. The van der Waals surface area contributed by atoms with Gasteiger partial charge >= 0.3 is 0 Å². The monoisotopic (exact) mass is 360 g/mol. The van der Waals surface area contributed by atoms with E-state index in [1.54, 1.807) is 0 Å². The van der Waals surface area contributed by atoms with Crippen molar-refractivity contribution in [2.75, 3.05) is 0 Å². The number of hydrogen-bond acceptors (Lipinski definition) is 1. The van der Waals surface area contributed by atoms with Crippen LogP contribution in [-0.4, -0.2) is 0 Å². The lowest BCUT2D eigenvalue weighted by molar-refractivity contribution is -0.665. The summed E-state index contributed by atoms with van der Waals surface area (Å²) in [5.41, 5.74) is 6.80. The Kier molecular flexibility index (Phi) is 3.92. The van der Waals surface area contributed by atoms with Crippen molar-refractivity contribution in [3.8, 4) is 11.3 Å². The molecule has 0 unspecified atom stereocenters. The molecule has 2 heterocycles. The van der Waals surface area contributed by atoms with Gasteiger partial charge in [0.25, 0.3) is 0 Å². The van der Waals surface area contributed by atoms with E-state index in [0.717, 1.165) is 0 Å². The molecule has 2 heteroatoms. The van der Waals surface area contributed by atoms with Crippen molar-refractivity contribution in [1.82, 2.24) is 0 Å². The molecule has 0 saturated carbocycles. The van der Waals surface area contributed by atoms with Crippen LogP contribution >= 0.6 is 11.3 Å². The number of rotatable bonds is 1. The van der Waals surface area contributed by atoms with Gasteiger partial charge in [-0.15, -0.1) is 11.3 Å². The highest BCUT2D eigenvalue weighted by Crippen LogP contribution is 2.35. The van der Waals surface area contributed by atoms with E-state index in [4.69, 9.17) is 0 Å². The molecule has 26 heavy (non-hydrogen) atoms. The number of hydrogen-bond donors (Lipinski definition) is 0. The first-order chi connectivity index (χ1) is 12.3. The second-order valence-corrected chi connectivity index (χ2v) is 9.32. The summed E-state index contributed by atoms with van der Waals surface area (Å²) in [6.07, 6.45) is 0. The topological polar surface area (TPSA) is 3.88 Å². The molecule has 132 valence electrons. The lowest BCUT2D eigenvalue weighted by atomic mass is 9.85. The SMILES string of the molecule is Cc1cc2ccsc2cc1-c1c2ccc(C(C)(C)C)cc2cc(C)[n+]1C. The molecule has 0 atom stereocenters. The molecule has 0 aliphatic carbocycles. The molecular formula is C24H26NS+. The number of nitrogens with zero attached hydrogens (tertiary/aromatic N) is 1. The van der Waals surface area contributed by atoms with Gasteiger partial charge in [-0.1, -0.05) is 32.9 Å². The summed E-state index contributed by atoms with van der Waals surface area (Å²) in [7, 11) is 2.18. The number of benzene rings is 2. The smallest absolute Gasteiger partial charge is 0.198 e. The van der Waals surface area contributed by atoms with E-state index in [0.29, 0.717) is 0 Å². The van der Waals surface area contributed by atoms with E-state index in [-0.39, 0.29) is 5.41 Å². The third-order valence-electron chi connectivity index (χ3n) is 5.46. The summed E-state index contributed by atoms with van der Waals surface area (Å²) < 4.78 is 3.69. The summed E-state index contributed by atoms with van der Waals surface area (Å²) in [5.74, 6) is 0. The predicted octanol–water partition coefficient (Wildman–Crippen LogP) is 6.46. The van der Waals surface area contributed by atoms with Crippen LogP contribution in [0.25, 0.3) is 32.1 Å². The van der Waals surface area contributed by atoms with Gasteiger partial charge in [0, 0.05) is 17.7 Å². The standard InChI is InChI=1S/C24H26NS/c1-15-11-17-9-10-26-22(17)14-21(15)23-20-8-7-19(24(3,4)5)13-18(20)12-16(2)25(23)6/h7-14H,1-6H3/q+1. The average Bonchev–Trinajstić information content (AvgIpc) is 3.01. The van der Waals surface area contributed by atoms with Gasteiger partial charge in [-0.3, -0.25) is 0 Å². The fraction of sp³-hybridized carbons (Fsp3) is 0.292. The average molecular weight is 361 g/mol. The Morgan fingerprint density at radius 3 is 2.38 bits per heavy atom. The number of aromatic nitrogens is 1. The number of pyridine rings is 1. The van der Waals surface area contributed by atoms with E-state index < -0.39 is 0 Å². The Morgan fingerprint density at radius 1 is 0.885 bits per heavy atom. The first-order valence-electron chi connectivity index (χ1n) is 9.18. The van der Waals surface area contributed by atoms with E-state index in [9.17, 15) is 0 Å². The van der Waals surface area contributed by atoms with Crippen LogP contribution < -0.4 is 4.57 Å². The molecule has 1 nitrogen and oxygen atoms in total. The molecule has 4 rings (SSSR count). The van der Waals surface area contributed by atoms with Gasteiger partial charge in [-0.2, -0.15) is 4.57 Å². The van der Waals surface area contributed by atoms with Crippen molar-refractivity contribution >= 4 is 32.2 Å². The Hall–Kier alpha value is -2.19. The summed E-state index contributed by atoms with van der Waals surface area (Å²) >= 11 is 1.82. The molecule has 0 bridgehead atoms. The number of thiophene rings is 1. The van der Waals surface area contributed by atoms with Gasteiger partial charge in [0.05, 0.1) is 10.9 Å². The van der Waals surface area contributed by atoms with Crippen LogP contribution in [0, 0.1) is 13.8 Å². The largest absolute Gasteiger partial charge is 0.220 e.